The minimum absolute atomic E-state index is 0.0466. The van der Waals surface area contributed by atoms with Crippen molar-refractivity contribution in [1.82, 2.24) is 25.2 Å². The average Bonchev–Trinajstić information content (AvgIpc) is 3.42. The van der Waals surface area contributed by atoms with Gasteiger partial charge in [0.2, 0.25) is 0 Å². The second-order valence-corrected chi connectivity index (χ2v) is 7.70. The van der Waals surface area contributed by atoms with E-state index in [1.54, 1.807) is 28.4 Å². The van der Waals surface area contributed by atoms with Crippen LogP contribution >= 0.6 is 11.6 Å². The van der Waals surface area contributed by atoms with E-state index >= 15 is 0 Å². The maximum absolute atomic E-state index is 12.3. The van der Waals surface area contributed by atoms with Crippen LogP contribution in [-0.2, 0) is 0 Å². The number of benzene rings is 1. The number of anilines is 1. The number of nitrogens with one attached hydrogen (secondary N) is 3. The Morgan fingerprint density at radius 3 is 2.66 bits per heavy atom. The SMILES string of the molecule is O=C(NCC(F)(F)F)c1cnc2nc(-c3cc(NC(=O)N4CCCC4)ccc3Cl)[nH]c2c1. The maximum Gasteiger partial charge on any atom is 0.405 e. The molecule has 1 saturated heterocycles. The van der Waals surface area contributed by atoms with E-state index in [0.29, 0.717) is 40.7 Å². The number of hydrogen-bond acceptors (Lipinski definition) is 4. The first-order valence-corrected chi connectivity index (χ1v) is 10.1. The number of amides is 3. The normalized spacial score (nSPS) is 14.1. The van der Waals surface area contributed by atoms with Crippen molar-refractivity contribution in [3.63, 3.8) is 0 Å². The average molecular weight is 467 g/mol. The molecule has 3 N–H and O–H groups in total. The highest BCUT2D eigenvalue weighted by molar-refractivity contribution is 6.33. The van der Waals surface area contributed by atoms with Gasteiger partial charge in [-0.3, -0.25) is 4.79 Å². The zero-order valence-electron chi connectivity index (χ0n) is 16.6. The van der Waals surface area contributed by atoms with E-state index in [1.165, 1.54) is 6.07 Å². The lowest BCUT2D eigenvalue weighted by molar-refractivity contribution is -0.123. The van der Waals surface area contributed by atoms with Crippen LogP contribution in [0.2, 0.25) is 5.02 Å². The van der Waals surface area contributed by atoms with Gasteiger partial charge in [-0.15, -0.1) is 0 Å². The molecule has 1 aromatic carbocycles. The second kappa shape index (κ2) is 8.65. The van der Waals surface area contributed by atoms with Gasteiger partial charge in [0, 0.05) is 30.5 Å². The van der Waals surface area contributed by atoms with Crippen LogP contribution in [0, 0.1) is 0 Å². The summed E-state index contributed by atoms with van der Waals surface area (Å²) >= 11 is 6.31. The number of nitrogens with zero attached hydrogens (tertiary/aromatic N) is 3. The number of fused-ring (bicyclic) bond motifs is 1. The lowest BCUT2D eigenvalue weighted by Crippen LogP contribution is -2.33. The van der Waals surface area contributed by atoms with Crippen molar-refractivity contribution in [2.45, 2.75) is 19.0 Å². The molecule has 3 amide bonds. The molecule has 1 aliphatic heterocycles. The molecule has 2 aromatic heterocycles. The molecule has 8 nitrogen and oxygen atoms in total. The molecule has 0 aliphatic carbocycles. The Kier molecular flexibility index (Phi) is 5.92. The standard InChI is InChI=1S/C20H18ClF3N6O2/c21-14-4-3-12(27-19(32)30-5-1-2-6-30)8-13(14)16-28-15-7-11(9-25-17(15)29-16)18(31)26-10-20(22,23)24/h3-4,7-9H,1-2,5-6,10H2,(H,26,31)(H,27,32)(H,25,28,29). The van der Waals surface area contributed by atoms with Crippen molar-refractivity contribution < 1.29 is 22.8 Å². The van der Waals surface area contributed by atoms with Gasteiger partial charge in [0.05, 0.1) is 16.1 Å². The number of carbonyl (C=O) groups is 2. The van der Waals surface area contributed by atoms with Crippen LogP contribution < -0.4 is 10.6 Å². The van der Waals surface area contributed by atoms with Gasteiger partial charge in [0.25, 0.3) is 5.91 Å². The highest BCUT2D eigenvalue weighted by atomic mass is 35.5. The lowest BCUT2D eigenvalue weighted by Gasteiger charge is -2.16. The zero-order valence-corrected chi connectivity index (χ0v) is 17.3. The Bertz CT molecular complexity index is 1170. The maximum atomic E-state index is 12.3. The molecule has 1 fully saturated rings. The highest BCUT2D eigenvalue weighted by Crippen LogP contribution is 2.30. The summed E-state index contributed by atoms with van der Waals surface area (Å²) < 4.78 is 37.0. The van der Waals surface area contributed by atoms with Crippen molar-refractivity contribution in [1.29, 1.82) is 0 Å². The number of aromatic amines is 1. The highest BCUT2D eigenvalue weighted by Gasteiger charge is 2.28. The number of likely N-dealkylation sites (tertiary alicyclic amines) is 1. The number of rotatable bonds is 4. The number of urea groups is 1. The van der Waals surface area contributed by atoms with Crippen LogP contribution in [0.25, 0.3) is 22.6 Å². The van der Waals surface area contributed by atoms with Crippen LogP contribution in [0.4, 0.5) is 23.7 Å². The quantitative estimate of drug-likeness (QED) is 0.536. The molecule has 12 heteroatoms. The van der Waals surface area contributed by atoms with Crippen molar-refractivity contribution in [3.05, 3.63) is 41.0 Å². The largest absolute Gasteiger partial charge is 0.405 e. The number of aromatic nitrogens is 3. The van der Waals surface area contributed by atoms with Gasteiger partial charge in [-0.2, -0.15) is 13.2 Å². The van der Waals surface area contributed by atoms with Gasteiger partial charge in [-0.1, -0.05) is 11.6 Å². The van der Waals surface area contributed by atoms with E-state index in [9.17, 15) is 22.8 Å². The molecule has 4 rings (SSSR count). The molecule has 1 aliphatic rings. The molecule has 3 heterocycles. The molecule has 3 aromatic rings. The predicted molar refractivity (Wildman–Crippen MR) is 113 cm³/mol. The third-order valence-corrected chi connectivity index (χ3v) is 5.24. The first-order valence-electron chi connectivity index (χ1n) is 9.76. The summed E-state index contributed by atoms with van der Waals surface area (Å²) in [4.78, 5) is 37.4. The zero-order chi connectivity index (χ0) is 22.9. The van der Waals surface area contributed by atoms with Crippen molar-refractivity contribution in [2.75, 3.05) is 25.0 Å². The Balaban J connectivity index is 1.56. The van der Waals surface area contributed by atoms with E-state index in [0.717, 1.165) is 19.0 Å². The minimum atomic E-state index is -4.51. The molecule has 0 radical (unpaired) electrons. The van der Waals surface area contributed by atoms with Gasteiger partial charge in [-0.05, 0) is 37.1 Å². The number of halogens is 4. The Morgan fingerprint density at radius 2 is 1.94 bits per heavy atom. The van der Waals surface area contributed by atoms with E-state index in [4.69, 9.17) is 11.6 Å². The molecule has 168 valence electrons. The molecular weight excluding hydrogens is 449 g/mol. The number of alkyl halides is 3. The third-order valence-electron chi connectivity index (χ3n) is 4.92. The topological polar surface area (TPSA) is 103 Å². The van der Waals surface area contributed by atoms with Gasteiger partial charge in [-0.25, -0.2) is 14.8 Å². The fourth-order valence-electron chi connectivity index (χ4n) is 3.34. The van der Waals surface area contributed by atoms with Crippen LogP contribution in [-0.4, -0.2) is 57.6 Å². The molecule has 0 spiro atoms. The first kappa shape index (κ1) is 21.9. The van der Waals surface area contributed by atoms with Gasteiger partial charge in [0.15, 0.2) is 5.65 Å². The van der Waals surface area contributed by atoms with E-state index in [2.05, 4.69) is 20.3 Å². The fraction of sp³-hybridized carbons (Fsp3) is 0.300. The number of H-pyrrole nitrogens is 1. The summed E-state index contributed by atoms with van der Waals surface area (Å²) in [5.74, 6) is -0.569. The van der Waals surface area contributed by atoms with Crippen molar-refractivity contribution in [2.24, 2.45) is 0 Å². The van der Waals surface area contributed by atoms with Gasteiger partial charge >= 0.3 is 12.2 Å². The third kappa shape index (κ3) is 4.93. The Morgan fingerprint density at radius 1 is 1.19 bits per heavy atom. The molecule has 0 bridgehead atoms. The molecule has 0 saturated carbocycles. The van der Waals surface area contributed by atoms with Gasteiger partial charge < -0.3 is 20.5 Å². The summed E-state index contributed by atoms with van der Waals surface area (Å²) in [7, 11) is 0. The van der Waals surface area contributed by atoms with E-state index in [1.807, 2.05) is 0 Å². The minimum Gasteiger partial charge on any atom is -0.343 e. The van der Waals surface area contributed by atoms with E-state index < -0.39 is 18.6 Å². The summed E-state index contributed by atoms with van der Waals surface area (Å²) in [6.45, 7) is -0.0234. The number of pyridine rings is 1. The smallest absolute Gasteiger partial charge is 0.343 e. The first-order chi connectivity index (χ1) is 15.2. The van der Waals surface area contributed by atoms with Crippen LogP contribution in [0.3, 0.4) is 0 Å². The van der Waals surface area contributed by atoms with Gasteiger partial charge in [0.1, 0.15) is 12.4 Å². The summed E-state index contributed by atoms with van der Waals surface area (Å²) in [6.07, 6.45) is -1.42. The molecular formula is C20H18ClF3N6O2. The number of carbonyl (C=O) groups excluding carboxylic acids is 2. The summed E-state index contributed by atoms with van der Waals surface area (Å²) in [5, 5.41) is 4.99. The Labute approximate surface area is 185 Å². The van der Waals surface area contributed by atoms with Crippen LogP contribution in [0.5, 0.6) is 0 Å². The van der Waals surface area contributed by atoms with Crippen LogP contribution in [0.15, 0.2) is 30.5 Å². The van der Waals surface area contributed by atoms with Crippen molar-refractivity contribution in [3.8, 4) is 11.4 Å². The van der Waals surface area contributed by atoms with Crippen molar-refractivity contribution >= 4 is 40.4 Å². The number of imidazole rings is 1. The van der Waals surface area contributed by atoms with Crippen LogP contribution in [0.1, 0.15) is 23.2 Å². The summed E-state index contributed by atoms with van der Waals surface area (Å²) in [6, 6.07) is 6.11. The second-order valence-electron chi connectivity index (χ2n) is 7.30. The van der Waals surface area contributed by atoms with E-state index in [-0.39, 0.29) is 17.2 Å². The lowest BCUT2D eigenvalue weighted by atomic mass is 10.2. The molecule has 0 unspecified atom stereocenters. The number of hydrogen-bond donors (Lipinski definition) is 3. The fourth-order valence-corrected chi connectivity index (χ4v) is 3.55. The predicted octanol–water partition coefficient (Wildman–Crippen LogP) is 4.20. The molecule has 32 heavy (non-hydrogen) atoms. The Hall–Kier alpha value is -3.34. The monoisotopic (exact) mass is 466 g/mol. The molecule has 0 atom stereocenters. The summed E-state index contributed by atoms with van der Waals surface area (Å²) in [5.41, 5.74) is 1.58.